The van der Waals surface area contributed by atoms with Crippen LogP contribution in [0.15, 0.2) is 12.3 Å². The highest BCUT2D eigenvalue weighted by atomic mass is 35.5. The average Bonchev–Trinajstić information content (AvgIpc) is 2.71. The number of nitrogens with zero attached hydrogens (tertiary/aromatic N) is 2. The van der Waals surface area contributed by atoms with Crippen LogP contribution >= 0.6 is 11.6 Å². The van der Waals surface area contributed by atoms with Gasteiger partial charge in [-0.15, -0.1) is 11.6 Å². The van der Waals surface area contributed by atoms with Crippen molar-refractivity contribution >= 4 is 11.6 Å². The van der Waals surface area contributed by atoms with E-state index in [1.54, 1.807) is 0 Å². The van der Waals surface area contributed by atoms with E-state index in [1.807, 2.05) is 11.6 Å². The lowest BCUT2D eigenvalue weighted by Crippen LogP contribution is -2.17. The molecular weight excluding hydrogens is 222 g/mol. The van der Waals surface area contributed by atoms with E-state index in [1.165, 1.54) is 0 Å². The first-order valence-electron chi connectivity index (χ1n) is 6.02. The molecule has 92 valence electrons. The van der Waals surface area contributed by atoms with Gasteiger partial charge in [0.1, 0.15) is 0 Å². The SMILES string of the molecule is CCC(C)n1ccc(CNCCC(C)Cl)n1. The number of halogens is 1. The Kier molecular flexibility index (Phi) is 5.85. The van der Waals surface area contributed by atoms with Crippen molar-refractivity contribution in [2.24, 2.45) is 0 Å². The van der Waals surface area contributed by atoms with Gasteiger partial charge in [0.25, 0.3) is 0 Å². The van der Waals surface area contributed by atoms with Crippen molar-refractivity contribution in [1.82, 2.24) is 15.1 Å². The van der Waals surface area contributed by atoms with Crippen LogP contribution in [0.1, 0.15) is 45.3 Å². The zero-order valence-electron chi connectivity index (χ0n) is 10.4. The van der Waals surface area contributed by atoms with Gasteiger partial charge < -0.3 is 5.32 Å². The summed E-state index contributed by atoms with van der Waals surface area (Å²) in [6.07, 6.45) is 4.15. The highest BCUT2D eigenvalue weighted by Gasteiger charge is 2.04. The predicted octanol–water partition coefficient (Wildman–Crippen LogP) is 2.96. The Labute approximate surface area is 103 Å². The van der Waals surface area contributed by atoms with Crippen LogP contribution in [-0.4, -0.2) is 21.7 Å². The van der Waals surface area contributed by atoms with Gasteiger partial charge in [-0.2, -0.15) is 5.10 Å². The first-order chi connectivity index (χ1) is 7.63. The van der Waals surface area contributed by atoms with Crippen LogP contribution in [0.25, 0.3) is 0 Å². The van der Waals surface area contributed by atoms with E-state index in [-0.39, 0.29) is 5.38 Å². The number of rotatable bonds is 7. The van der Waals surface area contributed by atoms with Crippen LogP contribution < -0.4 is 5.32 Å². The topological polar surface area (TPSA) is 29.9 Å². The molecule has 0 radical (unpaired) electrons. The Morgan fingerprint density at radius 2 is 2.25 bits per heavy atom. The van der Waals surface area contributed by atoms with Crippen LogP contribution in [0.4, 0.5) is 0 Å². The molecule has 0 aromatic carbocycles. The molecule has 3 nitrogen and oxygen atoms in total. The Hall–Kier alpha value is -0.540. The van der Waals surface area contributed by atoms with E-state index in [0.29, 0.717) is 6.04 Å². The van der Waals surface area contributed by atoms with E-state index in [4.69, 9.17) is 11.6 Å². The molecule has 2 unspecified atom stereocenters. The van der Waals surface area contributed by atoms with Crippen LogP contribution in [-0.2, 0) is 6.54 Å². The second kappa shape index (κ2) is 6.92. The van der Waals surface area contributed by atoms with Crippen molar-refractivity contribution in [3.05, 3.63) is 18.0 Å². The minimum Gasteiger partial charge on any atom is -0.311 e. The zero-order chi connectivity index (χ0) is 12.0. The Morgan fingerprint density at radius 1 is 1.50 bits per heavy atom. The van der Waals surface area contributed by atoms with Crippen LogP contribution in [0.2, 0.25) is 0 Å². The first-order valence-corrected chi connectivity index (χ1v) is 6.46. The molecule has 0 amide bonds. The van der Waals surface area contributed by atoms with Gasteiger partial charge in [0.05, 0.1) is 5.69 Å². The Morgan fingerprint density at radius 3 is 2.88 bits per heavy atom. The molecule has 0 saturated heterocycles. The third-order valence-corrected chi connectivity index (χ3v) is 2.95. The summed E-state index contributed by atoms with van der Waals surface area (Å²) in [7, 11) is 0. The van der Waals surface area contributed by atoms with Crippen LogP contribution in [0, 0.1) is 0 Å². The summed E-state index contributed by atoms with van der Waals surface area (Å²) in [6, 6.07) is 2.56. The molecule has 0 aliphatic rings. The molecule has 1 heterocycles. The summed E-state index contributed by atoms with van der Waals surface area (Å²) in [5.41, 5.74) is 1.10. The maximum atomic E-state index is 5.86. The highest BCUT2D eigenvalue weighted by molar-refractivity contribution is 6.20. The molecule has 0 saturated carbocycles. The minimum absolute atomic E-state index is 0.241. The highest BCUT2D eigenvalue weighted by Crippen LogP contribution is 2.09. The van der Waals surface area contributed by atoms with Crippen molar-refractivity contribution in [2.45, 2.75) is 51.6 Å². The van der Waals surface area contributed by atoms with E-state index >= 15 is 0 Å². The zero-order valence-corrected chi connectivity index (χ0v) is 11.2. The lowest BCUT2D eigenvalue weighted by Gasteiger charge is -2.08. The van der Waals surface area contributed by atoms with E-state index < -0.39 is 0 Å². The Balaban J connectivity index is 2.29. The average molecular weight is 244 g/mol. The largest absolute Gasteiger partial charge is 0.311 e. The normalized spacial score (nSPS) is 15.0. The van der Waals surface area contributed by atoms with Gasteiger partial charge in [0.15, 0.2) is 0 Å². The fourth-order valence-electron chi connectivity index (χ4n) is 1.42. The van der Waals surface area contributed by atoms with Gasteiger partial charge in [-0.25, -0.2) is 0 Å². The molecule has 0 fully saturated rings. The van der Waals surface area contributed by atoms with Gasteiger partial charge in [0.2, 0.25) is 0 Å². The molecule has 16 heavy (non-hydrogen) atoms. The second-order valence-electron chi connectivity index (χ2n) is 4.29. The van der Waals surface area contributed by atoms with Crippen molar-refractivity contribution in [2.75, 3.05) is 6.54 Å². The van der Waals surface area contributed by atoms with Crippen molar-refractivity contribution in [3.63, 3.8) is 0 Å². The lowest BCUT2D eigenvalue weighted by atomic mass is 10.3. The molecule has 0 aliphatic carbocycles. The molecular formula is C12H22ClN3. The molecule has 1 aromatic rings. The monoisotopic (exact) mass is 243 g/mol. The standard InChI is InChI=1S/C12H22ClN3/c1-4-11(3)16-8-6-12(15-16)9-14-7-5-10(2)13/h6,8,10-11,14H,4-5,7,9H2,1-3H3. The molecule has 1 N–H and O–H groups in total. The molecule has 0 spiro atoms. The van der Waals surface area contributed by atoms with Crippen molar-refractivity contribution in [3.8, 4) is 0 Å². The van der Waals surface area contributed by atoms with Gasteiger partial charge in [-0.3, -0.25) is 4.68 Å². The summed E-state index contributed by atoms with van der Waals surface area (Å²) in [5.74, 6) is 0. The van der Waals surface area contributed by atoms with Crippen LogP contribution in [0.5, 0.6) is 0 Å². The summed E-state index contributed by atoms with van der Waals surface area (Å²) in [5, 5.41) is 8.10. The van der Waals surface area contributed by atoms with E-state index in [0.717, 1.165) is 31.6 Å². The third kappa shape index (κ3) is 4.54. The fraction of sp³-hybridized carbons (Fsp3) is 0.750. The van der Waals surface area contributed by atoms with E-state index in [2.05, 4.69) is 36.5 Å². The smallest absolute Gasteiger partial charge is 0.0762 e. The molecule has 1 rings (SSSR count). The Bertz CT molecular complexity index is 296. The molecule has 4 heteroatoms. The minimum atomic E-state index is 0.241. The van der Waals surface area contributed by atoms with Gasteiger partial charge >= 0.3 is 0 Å². The third-order valence-electron chi connectivity index (χ3n) is 2.73. The van der Waals surface area contributed by atoms with Gasteiger partial charge in [0, 0.05) is 24.2 Å². The fourth-order valence-corrected chi connectivity index (χ4v) is 1.53. The summed E-state index contributed by atoms with van der Waals surface area (Å²) in [4.78, 5) is 0. The van der Waals surface area contributed by atoms with E-state index in [9.17, 15) is 0 Å². The second-order valence-corrected chi connectivity index (χ2v) is 5.04. The molecule has 0 bridgehead atoms. The summed E-state index contributed by atoms with van der Waals surface area (Å²) in [6.45, 7) is 8.14. The van der Waals surface area contributed by atoms with Crippen molar-refractivity contribution < 1.29 is 0 Å². The quantitative estimate of drug-likeness (QED) is 0.590. The summed E-state index contributed by atoms with van der Waals surface area (Å²) >= 11 is 5.86. The number of aromatic nitrogens is 2. The number of hydrogen-bond donors (Lipinski definition) is 1. The van der Waals surface area contributed by atoms with Gasteiger partial charge in [-0.1, -0.05) is 6.92 Å². The lowest BCUT2D eigenvalue weighted by molar-refractivity contribution is 0.471. The first kappa shape index (κ1) is 13.5. The number of nitrogens with one attached hydrogen (secondary N) is 1. The van der Waals surface area contributed by atoms with Crippen LogP contribution in [0.3, 0.4) is 0 Å². The van der Waals surface area contributed by atoms with Crippen molar-refractivity contribution in [1.29, 1.82) is 0 Å². The maximum absolute atomic E-state index is 5.86. The van der Waals surface area contributed by atoms with Gasteiger partial charge in [-0.05, 0) is 39.3 Å². The molecule has 2 atom stereocenters. The number of alkyl halides is 1. The molecule has 0 aliphatic heterocycles. The molecule has 1 aromatic heterocycles. The predicted molar refractivity (Wildman–Crippen MR) is 68.9 cm³/mol. The summed E-state index contributed by atoms with van der Waals surface area (Å²) < 4.78 is 2.03. The number of hydrogen-bond acceptors (Lipinski definition) is 2. The maximum Gasteiger partial charge on any atom is 0.0762 e.